The zero-order valence-electron chi connectivity index (χ0n) is 14.3. The van der Waals surface area contributed by atoms with Crippen LogP contribution in [0.5, 0.6) is 0 Å². The Hall–Kier alpha value is -2.30. The summed E-state index contributed by atoms with van der Waals surface area (Å²) in [6.45, 7) is 2.63. The summed E-state index contributed by atoms with van der Waals surface area (Å²) < 4.78 is 37.4. The third kappa shape index (κ3) is 4.65. The van der Waals surface area contributed by atoms with Crippen LogP contribution in [0, 0.1) is 6.92 Å². The van der Waals surface area contributed by atoms with Crippen molar-refractivity contribution in [1.82, 2.24) is 20.2 Å². The van der Waals surface area contributed by atoms with Crippen molar-refractivity contribution in [2.45, 2.75) is 37.3 Å². The quantitative estimate of drug-likeness (QED) is 0.727. The number of carbonyl (C=O) groups is 1. The van der Waals surface area contributed by atoms with Crippen LogP contribution in [-0.4, -0.2) is 43.7 Å². The Balaban J connectivity index is 1.63. The first-order valence-electron chi connectivity index (χ1n) is 8.23. The van der Waals surface area contributed by atoms with Gasteiger partial charge in [-0.2, -0.15) is 4.98 Å². The molecule has 1 fully saturated rings. The van der Waals surface area contributed by atoms with Gasteiger partial charge in [0.2, 0.25) is 15.9 Å². The number of amides is 1. The van der Waals surface area contributed by atoms with Gasteiger partial charge in [0.05, 0.1) is 17.5 Å². The van der Waals surface area contributed by atoms with Gasteiger partial charge in [-0.25, -0.2) is 13.1 Å². The number of ether oxygens (including phenoxy) is 1. The minimum Gasteiger partial charge on any atom is -0.376 e. The Kier molecular flexibility index (Phi) is 5.64. The first kappa shape index (κ1) is 18.5. The number of aryl methyl sites for hydroxylation is 1. The van der Waals surface area contributed by atoms with Crippen molar-refractivity contribution in [3.05, 3.63) is 41.5 Å². The highest BCUT2D eigenvalue weighted by atomic mass is 32.2. The fourth-order valence-electron chi connectivity index (χ4n) is 2.57. The first-order chi connectivity index (χ1) is 12.4. The van der Waals surface area contributed by atoms with Crippen molar-refractivity contribution in [3.63, 3.8) is 0 Å². The second kappa shape index (κ2) is 7.94. The molecule has 0 unspecified atom stereocenters. The lowest BCUT2D eigenvalue weighted by Crippen LogP contribution is -2.32. The van der Waals surface area contributed by atoms with Gasteiger partial charge in [0, 0.05) is 25.6 Å². The van der Waals surface area contributed by atoms with Crippen molar-refractivity contribution in [1.29, 1.82) is 0 Å². The Morgan fingerprint density at radius 1 is 1.38 bits per heavy atom. The molecule has 0 saturated carbocycles. The van der Waals surface area contributed by atoms with E-state index in [1.807, 2.05) is 0 Å². The average Bonchev–Trinajstić information content (AvgIpc) is 3.29. The van der Waals surface area contributed by atoms with Crippen molar-refractivity contribution in [2.24, 2.45) is 0 Å². The van der Waals surface area contributed by atoms with Gasteiger partial charge in [-0.05, 0) is 31.0 Å². The second-order valence-corrected chi connectivity index (χ2v) is 7.69. The number of sulfonamides is 1. The number of hydrogen-bond acceptors (Lipinski definition) is 7. The molecule has 3 rings (SSSR count). The summed E-state index contributed by atoms with van der Waals surface area (Å²) in [6, 6.07) is 5.83. The molecule has 1 amide bonds. The van der Waals surface area contributed by atoms with E-state index in [2.05, 4.69) is 20.2 Å². The molecule has 1 aromatic heterocycles. The van der Waals surface area contributed by atoms with Crippen LogP contribution in [0.2, 0.25) is 0 Å². The Labute approximate surface area is 151 Å². The summed E-state index contributed by atoms with van der Waals surface area (Å²) >= 11 is 0. The second-order valence-electron chi connectivity index (χ2n) is 5.93. The van der Waals surface area contributed by atoms with E-state index >= 15 is 0 Å². The van der Waals surface area contributed by atoms with Gasteiger partial charge in [0.15, 0.2) is 5.82 Å². The SMILES string of the molecule is Cc1nc(CNS(=O)(=O)c2cccc(C(=O)NC[C@@H]3CCCO3)c2)no1. The largest absolute Gasteiger partial charge is 0.376 e. The molecule has 9 nitrogen and oxygen atoms in total. The van der Waals surface area contributed by atoms with Crippen LogP contribution in [0.3, 0.4) is 0 Å². The van der Waals surface area contributed by atoms with Gasteiger partial charge >= 0.3 is 0 Å². The van der Waals surface area contributed by atoms with E-state index in [4.69, 9.17) is 9.26 Å². The van der Waals surface area contributed by atoms with Crippen LogP contribution < -0.4 is 10.0 Å². The van der Waals surface area contributed by atoms with Gasteiger partial charge in [-0.1, -0.05) is 11.2 Å². The average molecular weight is 380 g/mol. The molecule has 1 aliphatic heterocycles. The normalized spacial score (nSPS) is 17.3. The van der Waals surface area contributed by atoms with Crippen molar-refractivity contribution < 1.29 is 22.5 Å². The molecule has 1 atom stereocenters. The van der Waals surface area contributed by atoms with Gasteiger partial charge in [-0.15, -0.1) is 0 Å². The third-order valence-electron chi connectivity index (χ3n) is 3.91. The monoisotopic (exact) mass is 380 g/mol. The Morgan fingerprint density at radius 2 is 2.23 bits per heavy atom. The molecular weight excluding hydrogens is 360 g/mol. The summed E-state index contributed by atoms with van der Waals surface area (Å²) in [4.78, 5) is 16.2. The van der Waals surface area contributed by atoms with Gasteiger partial charge in [-0.3, -0.25) is 4.79 Å². The van der Waals surface area contributed by atoms with Crippen molar-refractivity contribution in [2.75, 3.05) is 13.2 Å². The smallest absolute Gasteiger partial charge is 0.251 e. The van der Waals surface area contributed by atoms with E-state index in [1.165, 1.54) is 18.2 Å². The van der Waals surface area contributed by atoms with Crippen LogP contribution in [0.1, 0.15) is 34.9 Å². The first-order valence-corrected chi connectivity index (χ1v) is 9.71. The minimum absolute atomic E-state index is 0.0116. The predicted octanol–water partition coefficient (Wildman–Crippen LogP) is 0.765. The fraction of sp³-hybridized carbons (Fsp3) is 0.438. The molecule has 0 bridgehead atoms. The molecule has 2 heterocycles. The highest BCUT2D eigenvalue weighted by Crippen LogP contribution is 2.13. The molecule has 26 heavy (non-hydrogen) atoms. The topological polar surface area (TPSA) is 123 Å². The number of nitrogens with zero attached hydrogens (tertiary/aromatic N) is 2. The van der Waals surface area contributed by atoms with E-state index < -0.39 is 10.0 Å². The molecule has 0 radical (unpaired) electrons. The molecule has 10 heteroatoms. The molecule has 1 aromatic carbocycles. The lowest BCUT2D eigenvalue weighted by atomic mass is 10.2. The summed E-state index contributed by atoms with van der Waals surface area (Å²) in [5.74, 6) is 0.243. The van der Waals surface area contributed by atoms with Gasteiger partial charge in [0.1, 0.15) is 0 Å². The molecule has 1 saturated heterocycles. The fourth-order valence-corrected chi connectivity index (χ4v) is 3.60. The summed E-state index contributed by atoms with van der Waals surface area (Å²) in [7, 11) is -3.81. The number of hydrogen-bond donors (Lipinski definition) is 2. The highest BCUT2D eigenvalue weighted by molar-refractivity contribution is 7.89. The molecule has 2 aromatic rings. The maximum absolute atomic E-state index is 12.4. The predicted molar refractivity (Wildman–Crippen MR) is 90.8 cm³/mol. The van der Waals surface area contributed by atoms with Crippen LogP contribution in [-0.2, 0) is 21.3 Å². The summed E-state index contributed by atoms with van der Waals surface area (Å²) in [5.41, 5.74) is 0.265. The van der Waals surface area contributed by atoms with E-state index in [0.29, 0.717) is 19.0 Å². The molecule has 2 N–H and O–H groups in total. The van der Waals surface area contributed by atoms with Crippen LogP contribution in [0.25, 0.3) is 0 Å². The summed E-state index contributed by atoms with van der Waals surface area (Å²) in [5, 5.41) is 6.40. The number of rotatable bonds is 7. The zero-order chi connectivity index (χ0) is 18.6. The molecule has 140 valence electrons. The minimum atomic E-state index is -3.81. The zero-order valence-corrected chi connectivity index (χ0v) is 15.1. The molecule has 1 aliphatic rings. The van der Waals surface area contributed by atoms with Crippen LogP contribution >= 0.6 is 0 Å². The van der Waals surface area contributed by atoms with E-state index in [1.54, 1.807) is 13.0 Å². The standard InChI is InChI=1S/C16H20N4O5S/c1-11-19-15(20-25-11)10-18-26(22,23)14-6-2-4-12(8-14)16(21)17-9-13-5-3-7-24-13/h2,4,6,8,13,18H,3,5,7,9-10H2,1H3,(H,17,21)/t13-/m0/s1. The van der Waals surface area contributed by atoms with Gasteiger partial charge < -0.3 is 14.6 Å². The molecule has 0 spiro atoms. The van der Waals surface area contributed by atoms with Gasteiger partial charge in [0.25, 0.3) is 5.91 Å². The molecule has 0 aliphatic carbocycles. The van der Waals surface area contributed by atoms with E-state index in [9.17, 15) is 13.2 Å². The lowest BCUT2D eigenvalue weighted by Gasteiger charge is -2.11. The van der Waals surface area contributed by atoms with E-state index in [0.717, 1.165) is 12.8 Å². The van der Waals surface area contributed by atoms with Crippen molar-refractivity contribution >= 4 is 15.9 Å². The molecular formula is C16H20N4O5S. The van der Waals surface area contributed by atoms with Crippen LogP contribution in [0.15, 0.2) is 33.7 Å². The van der Waals surface area contributed by atoms with Crippen molar-refractivity contribution in [3.8, 4) is 0 Å². The Bertz CT molecular complexity index is 874. The van der Waals surface area contributed by atoms with Crippen LogP contribution in [0.4, 0.5) is 0 Å². The number of nitrogens with one attached hydrogen (secondary N) is 2. The Morgan fingerprint density at radius 3 is 2.92 bits per heavy atom. The maximum atomic E-state index is 12.4. The maximum Gasteiger partial charge on any atom is 0.251 e. The highest BCUT2D eigenvalue weighted by Gasteiger charge is 2.19. The third-order valence-corrected chi connectivity index (χ3v) is 5.31. The summed E-state index contributed by atoms with van der Waals surface area (Å²) in [6.07, 6.45) is 1.92. The number of aromatic nitrogens is 2. The number of carbonyl (C=O) groups excluding carboxylic acids is 1. The number of benzene rings is 1. The lowest BCUT2D eigenvalue weighted by molar-refractivity contribution is 0.0857. The van der Waals surface area contributed by atoms with E-state index in [-0.39, 0.29) is 34.8 Å².